The third kappa shape index (κ3) is 2.86. The molecule has 27 heavy (non-hydrogen) atoms. The lowest BCUT2D eigenvalue weighted by atomic mass is 10.1. The van der Waals surface area contributed by atoms with Crippen LogP contribution in [0.1, 0.15) is 10.4 Å². The molecule has 0 fully saturated rings. The second-order valence-electron chi connectivity index (χ2n) is 5.78. The van der Waals surface area contributed by atoms with Gasteiger partial charge in [-0.15, -0.1) is 0 Å². The fourth-order valence-corrected chi connectivity index (χ4v) is 3.07. The highest BCUT2D eigenvalue weighted by Gasteiger charge is 2.20. The number of aromatic nitrogens is 6. The lowest BCUT2D eigenvalue weighted by molar-refractivity contribution is 0.0954. The van der Waals surface area contributed by atoms with Crippen LogP contribution >= 0.6 is 0 Å². The quantitative estimate of drug-likeness (QED) is 0.520. The molecule has 0 unspecified atom stereocenters. The predicted molar refractivity (Wildman–Crippen MR) is 100 cm³/mol. The van der Waals surface area contributed by atoms with Crippen molar-refractivity contribution in [3.8, 4) is 17.1 Å². The van der Waals surface area contributed by atoms with Crippen LogP contribution in [-0.2, 0) is 7.05 Å². The molecule has 134 valence electrons. The Kier molecular flexibility index (Phi) is 4.21. The molecule has 0 N–H and O–H groups in total. The van der Waals surface area contributed by atoms with E-state index in [0.29, 0.717) is 11.5 Å². The summed E-state index contributed by atoms with van der Waals surface area (Å²) in [4.78, 5) is 24.7. The molecule has 4 aromatic rings. The van der Waals surface area contributed by atoms with Gasteiger partial charge in [-0.25, -0.2) is 15.0 Å². The topological polar surface area (TPSA) is 87.7 Å². The molecule has 0 aliphatic rings. The maximum absolute atomic E-state index is 12.3. The van der Waals surface area contributed by atoms with Crippen LogP contribution < -0.4 is 4.74 Å². The van der Waals surface area contributed by atoms with Crippen molar-refractivity contribution in [1.82, 2.24) is 29.3 Å². The Morgan fingerprint density at radius 2 is 1.96 bits per heavy atom. The molecule has 8 heteroatoms. The SMILES string of the molecule is COc1ncnc2c1c(/C=C/C(=O)n1cncn1)c(-c1ccccc1)n2C. The molecule has 0 amide bonds. The van der Waals surface area contributed by atoms with Gasteiger partial charge in [-0.2, -0.15) is 9.78 Å². The Hall–Kier alpha value is -3.81. The van der Waals surface area contributed by atoms with Gasteiger partial charge in [-0.1, -0.05) is 30.3 Å². The van der Waals surface area contributed by atoms with E-state index in [-0.39, 0.29) is 5.91 Å². The zero-order valence-electron chi connectivity index (χ0n) is 14.8. The van der Waals surface area contributed by atoms with Gasteiger partial charge < -0.3 is 9.30 Å². The molecular weight excluding hydrogens is 344 g/mol. The van der Waals surface area contributed by atoms with Crippen LogP contribution in [-0.4, -0.2) is 42.3 Å². The average molecular weight is 360 g/mol. The van der Waals surface area contributed by atoms with Crippen LogP contribution in [0.15, 0.2) is 55.4 Å². The molecule has 0 saturated heterocycles. The van der Waals surface area contributed by atoms with Crippen molar-refractivity contribution >= 4 is 23.0 Å². The first-order chi connectivity index (χ1) is 13.2. The van der Waals surface area contributed by atoms with Gasteiger partial charge in [0.2, 0.25) is 5.88 Å². The van der Waals surface area contributed by atoms with Crippen molar-refractivity contribution in [2.24, 2.45) is 7.05 Å². The number of benzene rings is 1. The lowest BCUT2D eigenvalue weighted by Crippen LogP contribution is -2.07. The summed E-state index contributed by atoms with van der Waals surface area (Å²) in [5.41, 5.74) is 3.41. The summed E-state index contributed by atoms with van der Waals surface area (Å²) in [6, 6.07) is 9.89. The molecule has 0 atom stereocenters. The summed E-state index contributed by atoms with van der Waals surface area (Å²) < 4.78 is 8.57. The highest BCUT2D eigenvalue weighted by atomic mass is 16.5. The monoisotopic (exact) mass is 360 g/mol. The molecule has 1 aromatic carbocycles. The normalized spacial score (nSPS) is 11.3. The minimum Gasteiger partial charge on any atom is -0.480 e. The van der Waals surface area contributed by atoms with E-state index in [1.54, 1.807) is 13.2 Å². The van der Waals surface area contributed by atoms with E-state index in [4.69, 9.17) is 4.74 Å². The van der Waals surface area contributed by atoms with Gasteiger partial charge >= 0.3 is 0 Å². The third-order valence-corrected chi connectivity index (χ3v) is 4.25. The fraction of sp³-hybridized carbons (Fsp3) is 0.105. The Balaban J connectivity index is 1.95. The first-order valence-electron chi connectivity index (χ1n) is 8.20. The molecule has 3 aromatic heterocycles. The number of aryl methyl sites for hydroxylation is 1. The van der Waals surface area contributed by atoms with Crippen LogP contribution in [0.2, 0.25) is 0 Å². The maximum Gasteiger partial charge on any atom is 0.272 e. The van der Waals surface area contributed by atoms with Gasteiger partial charge in [0.25, 0.3) is 5.91 Å². The number of nitrogens with zero attached hydrogens (tertiary/aromatic N) is 6. The standard InChI is InChI=1S/C19H16N6O2/c1-24-17(13-6-4-3-5-7-13)14(8-9-15(26)25-12-20-10-23-25)16-18(24)21-11-22-19(16)27-2/h3-12H,1-2H3/b9-8+. The Morgan fingerprint density at radius 3 is 2.67 bits per heavy atom. The molecule has 8 nitrogen and oxygen atoms in total. The van der Waals surface area contributed by atoms with Crippen molar-refractivity contribution in [1.29, 1.82) is 0 Å². The number of methoxy groups -OCH3 is 1. The number of ether oxygens (including phenoxy) is 1. The molecule has 4 rings (SSSR count). The summed E-state index contributed by atoms with van der Waals surface area (Å²) >= 11 is 0. The van der Waals surface area contributed by atoms with E-state index in [1.165, 1.54) is 25.1 Å². The predicted octanol–water partition coefficient (Wildman–Crippen LogP) is 2.59. The molecule has 3 heterocycles. The van der Waals surface area contributed by atoms with Crippen LogP contribution in [0.25, 0.3) is 28.4 Å². The first-order valence-corrected chi connectivity index (χ1v) is 8.20. The number of hydrogen-bond acceptors (Lipinski definition) is 6. The molecular formula is C19H16N6O2. The van der Waals surface area contributed by atoms with Gasteiger partial charge in [-0.05, 0) is 11.6 Å². The van der Waals surface area contributed by atoms with Crippen molar-refractivity contribution in [2.75, 3.05) is 7.11 Å². The highest BCUT2D eigenvalue weighted by molar-refractivity contribution is 6.02. The molecule has 0 radical (unpaired) electrons. The smallest absolute Gasteiger partial charge is 0.272 e. The van der Waals surface area contributed by atoms with E-state index >= 15 is 0 Å². The molecule has 0 spiro atoms. The van der Waals surface area contributed by atoms with Gasteiger partial charge in [0, 0.05) is 18.7 Å². The fourth-order valence-electron chi connectivity index (χ4n) is 3.07. The summed E-state index contributed by atoms with van der Waals surface area (Å²) in [5, 5.41) is 4.60. The van der Waals surface area contributed by atoms with Crippen LogP contribution in [0.5, 0.6) is 5.88 Å². The van der Waals surface area contributed by atoms with E-state index in [1.807, 2.05) is 41.9 Å². The minimum atomic E-state index is -0.306. The second kappa shape index (κ2) is 6.83. The number of hydrogen-bond donors (Lipinski definition) is 0. The summed E-state index contributed by atoms with van der Waals surface area (Å²) in [6.07, 6.45) is 7.32. The van der Waals surface area contributed by atoms with Crippen LogP contribution in [0, 0.1) is 0 Å². The minimum absolute atomic E-state index is 0.306. The molecule has 0 aliphatic heterocycles. The van der Waals surface area contributed by atoms with Crippen molar-refractivity contribution in [3.63, 3.8) is 0 Å². The van der Waals surface area contributed by atoms with Gasteiger partial charge in [0.15, 0.2) is 0 Å². The molecule has 0 bridgehead atoms. The number of rotatable bonds is 4. The van der Waals surface area contributed by atoms with E-state index in [9.17, 15) is 4.79 Å². The van der Waals surface area contributed by atoms with Crippen molar-refractivity contribution in [3.05, 3.63) is 61.0 Å². The highest BCUT2D eigenvalue weighted by Crippen LogP contribution is 2.36. The number of allylic oxidation sites excluding steroid dienone is 1. The maximum atomic E-state index is 12.3. The number of carbonyl (C=O) groups excluding carboxylic acids is 1. The van der Waals surface area contributed by atoms with Gasteiger partial charge in [0.1, 0.15) is 24.6 Å². The van der Waals surface area contributed by atoms with Crippen molar-refractivity contribution < 1.29 is 9.53 Å². The van der Waals surface area contributed by atoms with E-state index in [0.717, 1.165) is 26.9 Å². The summed E-state index contributed by atoms with van der Waals surface area (Å²) in [7, 11) is 3.48. The second-order valence-corrected chi connectivity index (χ2v) is 5.78. The van der Waals surface area contributed by atoms with Gasteiger partial charge in [0.05, 0.1) is 18.2 Å². The summed E-state index contributed by atoms with van der Waals surface area (Å²) in [6.45, 7) is 0. The van der Waals surface area contributed by atoms with E-state index in [2.05, 4.69) is 20.1 Å². The van der Waals surface area contributed by atoms with Gasteiger partial charge in [-0.3, -0.25) is 4.79 Å². The Morgan fingerprint density at radius 1 is 1.15 bits per heavy atom. The zero-order chi connectivity index (χ0) is 18.8. The molecule has 0 saturated carbocycles. The lowest BCUT2D eigenvalue weighted by Gasteiger charge is -2.05. The average Bonchev–Trinajstić information content (AvgIpc) is 3.34. The number of carbonyl (C=O) groups is 1. The van der Waals surface area contributed by atoms with Crippen LogP contribution in [0.3, 0.4) is 0 Å². The molecule has 0 aliphatic carbocycles. The van der Waals surface area contributed by atoms with E-state index < -0.39 is 0 Å². The Bertz CT molecular complexity index is 1130. The zero-order valence-corrected chi connectivity index (χ0v) is 14.8. The van der Waals surface area contributed by atoms with Crippen LogP contribution in [0.4, 0.5) is 0 Å². The summed E-state index contributed by atoms with van der Waals surface area (Å²) in [5.74, 6) is 0.143. The number of fused-ring (bicyclic) bond motifs is 1. The first kappa shape index (κ1) is 16.6. The third-order valence-electron chi connectivity index (χ3n) is 4.25. The largest absolute Gasteiger partial charge is 0.480 e. The van der Waals surface area contributed by atoms with Crippen molar-refractivity contribution in [2.45, 2.75) is 0 Å². The Labute approximate surface area is 154 Å².